The first kappa shape index (κ1) is 15.3. The molecule has 1 unspecified atom stereocenters. The molecule has 0 spiro atoms. The molecule has 0 radical (unpaired) electrons. The maximum Gasteiger partial charge on any atom is 0.305 e. The summed E-state index contributed by atoms with van der Waals surface area (Å²) < 4.78 is 15.9. The summed E-state index contributed by atoms with van der Waals surface area (Å²) in [5, 5.41) is 9.25. The maximum atomic E-state index is 11.2. The number of ether oxygens (including phenoxy) is 3. The highest BCUT2D eigenvalue weighted by Gasteiger charge is 2.57. The number of nitrogens with zero attached hydrogens (tertiary/aromatic N) is 1. The van der Waals surface area contributed by atoms with Gasteiger partial charge < -0.3 is 14.2 Å². The Balaban J connectivity index is 1.72. The molecule has 2 atom stereocenters. The molecule has 0 bridgehead atoms. The van der Waals surface area contributed by atoms with Crippen molar-refractivity contribution in [3.63, 3.8) is 0 Å². The molecule has 1 fully saturated rings. The van der Waals surface area contributed by atoms with Crippen molar-refractivity contribution in [1.82, 2.24) is 0 Å². The number of epoxide rings is 1. The van der Waals surface area contributed by atoms with Gasteiger partial charge in [0.15, 0.2) is 0 Å². The number of benzene rings is 1. The molecular weight excluding hydrogens is 270 g/mol. The van der Waals surface area contributed by atoms with Crippen molar-refractivity contribution in [1.29, 1.82) is 5.26 Å². The predicted molar refractivity (Wildman–Crippen MR) is 75.6 cm³/mol. The minimum Gasteiger partial charge on any atom is -0.489 e. The van der Waals surface area contributed by atoms with Gasteiger partial charge in [0, 0.05) is 6.42 Å². The fourth-order valence-corrected chi connectivity index (χ4v) is 2.14. The average molecular weight is 289 g/mol. The number of carbonyl (C=O) groups is 1. The standard InChI is InChI=1S/C16H19NO4/c1-2-19-15(18)10-6-9-14-16(11-17,21-14)12-20-13-7-4-3-5-8-13/h3-5,7-8,14H,2,6,9-10,12H2,1H3/t14?,16-/m1/s1. The lowest BCUT2D eigenvalue weighted by Crippen LogP contribution is -2.22. The molecule has 0 aromatic heterocycles. The number of rotatable bonds is 8. The summed E-state index contributed by atoms with van der Waals surface area (Å²) in [7, 11) is 0. The van der Waals surface area contributed by atoms with Crippen molar-refractivity contribution in [3.8, 4) is 11.8 Å². The monoisotopic (exact) mass is 289 g/mol. The van der Waals surface area contributed by atoms with Crippen LogP contribution in [0.1, 0.15) is 26.2 Å². The van der Waals surface area contributed by atoms with Gasteiger partial charge in [-0.2, -0.15) is 5.26 Å². The number of carbonyl (C=O) groups excluding carboxylic acids is 1. The van der Waals surface area contributed by atoms with Gasteiger partial charge >= 0.3 is 5.97 Å². The first-order valence-corrected chi connectivity index (χ1v) is 7.12. The lowest BCUT2D eigenvalue weighted by molar-refractivity contribution is -0.143. The van der Waals surface area contributed by atoms with E-state index in [1.165, 1.54) is 0 Å². The van der Waals surface area contributed by atoms with E-state index in [0.717, 1.165) is 0 Å². The van der Waals surface area contributed by atoms with Crippen LogP contribution in [0, 0.1) is 11.3 Å². The molecule has 0 aliphatic carbocycles. The number of para-hydroxylation sites is 1. The highest BCUT2D eigenvalue weighted by Crippen LogP contribution is 2.39. The molecule has 5 nitrogen and oxygen atoms in total. The second-order valence-electron chi connectivity index (χ2n) is 4.91. The Kier molecular flexibility index (Phi) is 5.18. The van der Waals surface area contributed by atoms with Crippen LogP contribution in [0.4, 0.5) is 0 Å². The Bertz CT molecular complexity index is 511. The third-order valence-corrected chi connectivity index (χ3v) is 3.35. The van der Waals surface area contributed by atoms with Crippen LogP contribution in [0.2, 0.25) is 0 Å². The molecule has 1 heterocycles. The third kappa shape index (κ3) is 4.20. The van der Waals surface area contributed by atoms with Crippen LogP contribution in [0.25, 0.3) is 0 Å². The van der Waals surface area contributed by atoms with Crippen LogP contribution >= 0.6 is 0 Å². The van der Waals surface area contributed by atoms with E-state index in [0.29, 0.717) is 31.6 Å². The number of hydrogen-bond acceptors (Lipinski definition) is 5. The van der Waals surface area contributed by atoms with Gasteiger partial charge in [-0.1, -0.05) is 18.2 Å². The van der Waals surface area contributed by atoms with E-state index in [-0.39, 0.29) is 18.7 Å². The molecule has 21 heavy (non-hydrogen) atoms. The number of hydrogen-bond donors (Lipinski definition) is 0. The van der Waals surface area contributed by atoms with E-state index in [4.69, 9.17) is 14.2 Å². The first-order valence-electron chi connectivity index (χ1n) is 7.12. The lowest BCUT2D eigenvalue weighted by atomic mass is 10.0. The SMILES string of the molecule is CCOC(=O)CCCC1O[C@]1(C#N)COc1ccccc1. The predicted octanol–water partition coefficient (Wildman–Crippen LogP) is 2.46. The van der Waals surface area contributed by atoms with Gasteiger partial charge in [-0.05, 0) is 31.9 Å². The smallest absolute Gasteiger partial charge is 0.305 e. The van der Waals surface area contributed by atoms with Gasteiger partial charge in [-0.3, -0.25) is 4.79 Å². The summed E-state index contributed by atoms with van der Waals surface area (Å²) in [6, 6.07) is 11.5. The van der Waals surface area contributed by atoms with Gasteiger partial charge in [-0.15, -0.1) is 0 Å². The lowest BCUT2D eigenvalue weighted by Gasteiger charge is -2.07. The fraction of sp³-hybridized carbons (Fsp3) is 0.500. The Morgan fingerprint density at radius 1 is 1.43 bits per heavy atom. The van der Waals surface area contributed by atoms with Crippen LogP contribution in [0.5, 0.6) is 5.75 Å². The van der Waals surface area contributed by atoms with E-state index >= 15 is 0 Å². The van der Waals surface area contributed by atoms with Crippen molar-refractivity contribution in [2.75, 3.05) is 13.2 Å². The molecule has 0 saturated carbocycles. The summed E-state index contributed by atoms with van der Waals surface area (Å²) in [5.41, 5.74) is -0.871. The van der Waals surface area contributed by atoms with Crippen LogP contribution < -0.4 is 4.74 Å². The van der Waals surface area contributed by atoms with Gasteiger partial charge in [-0.25, -0.2) is 0 Å². The zero-order valence-corrected chi connectivity index (χ0v) is 12.1. The molecular formula is C16H19NO4. The molecule has 1 aromatic rings. The van der Waals surface area contributed by atoms with Crippen LogP contribution in [-0.2, 0) is 14.3 Å². The van der Waals surface area contributed by atoms with Crippen molar-refractivity contribution in [3.05, 3.63) is 30.3 Å². The van der Waals surface area contributed by atoms with Gasteiger partial charge in [0.1, 0.15) is 24.5 Å². The summed E-state index contributed by atoms with van der Waals surface area (Å²) in [6.07, 6.45) is 1.50. The number of esters is 1. The Labute approximate surface area is 124 Å². The van der Waals surface area contributed by atoms with Crippen LogP contribution in [-0.4, -0.2) is 30.9 Å². The third-order valence-electron chi connectivity index (χ3n) is 3.35. The zero-order valence-electron chi connectivity index (χ0n) is 12.1. The summed E-state index contributed by atoms with van der Waals surface area (Å²) >= 11 is 0. The van der Waals surface area contributed by atoms with E-state index in [1.807, 2.05) is 30.3 Å². The molecule has 5 heteroatoms. The molecule has 112 valence electrons. The Morgan fingerprint density at radius 2 is 2.19 bits per heavy atom. The molecule has 1 aliphatic heterocycles. The Hall–Kier alpha value is -2.06. The first-order chi connectivity index (χ1) is 10.2. The van der Waals surface area contributed by atoms with Gasteiger partial charge in [0.25, 0.3) is 0 Å². The molecule has 0 N–H and O–H groups in total. The second kappa shape index (κ2) is 7.09. The maximum absolute atomic E-state index is 11.2. The normalized spacial score (nSPS) is 23.1. The highest BCUT2D eigenvalue weighted by molar-refractivity contribution is 5.69. The highest BCUT2D eigenvalue weighted by atomic mass is 16.6. The van der Waals surface area contributed by atoms with E-state index in [1.54, 1.807) is 6.92 Å². The van der Waals surface area contributed by atoms with E-state index < -0.39 is 5.60 Å². The minimum atomic E-state index is -0.871. The fourth-order valence-electron chi connectivity index (χ4n) is 2.14. The van der Waals surface area contributed by atoms with E-state index in [9.17, 15) is 10.1 Å². The zero-order chi connectivity index (χ0) is 15.1. The Morgan fingerprint density at radius 3 is 2.86 bits per heavy atom. The second-order valence-corrected chi connectivity index (χ2v) is 4.91. The largest absolute Gasteiger partial charge is 0.489 e. The summed E-state index contributed by atoms with van der Waals surface area (Å²) in [5.74, 6) is 0.508. The summed E-state index contributed by atoms with van der Waals surface area (Å²) in [6.45, 7) is 2.38. The van der Waals surface area contributed by atoms with E-state index in [2.05, 4.69) is 6.07 Å². The molecule has 1 saturated heterocycles. The molecule has 0 amide bonds. The number of nitriles is 1. The van der Waals surface area contributed by atoms with Crippen LogP contribution in [0.3, 0.4) is 0 Å². The van der Waals surface area contributed by atoms with Crippen molar-refractivity contribution in [2.45, 2.75) is 37.9 Å². The summed E-state index contributed by atoms with van der Waals surface area (Å²) in [4.78, 5) is 11.2. The topological polar surface area (TPSA) is 71.8 Å². The van der Waals surface area contributed by atoms with Crippen molar-refractivity contribution >= 4 is 5.97 Å². The average Bonchev–Trinajstić information content (AvgIpc) is 3.20. The van der Waals surface area contributed by atoms with Gasteiger partial charge in [0.2, 0.25) is 5.60 Å². The molecule has 1 aromatic carbocycles. The van der Waals surface area contributed by atoms with Crippen LogP contribution in [0.15, 0.2) is 30.3 Å². The molecule has 1 aliphatic rings. The quantitative estimate of drug-likeness (QED) is 0.543. The molecule has 2 rings (SSSR count). The van der Waals surface area contributed by atoms with Gasteiger partial charge in [0.05, 0.1) is 6.61 Å². The van der Waals surface area contributed by atoms with Crippen molar-refractivity contribution < 1.29 is 19.0 Å². The minimum absolute atomic E-state index is 0.166. The van der Waals surface area contributed by atoms with Crippen molar-refractivity contribution in [2.24, 2.45) is 0 Å².